The zero-order valence-corrected chi connectivity index (χ0v) is 15.9. The lowest BCUT2D eigenvalue weighted by atomic mass is 10.1. The first kappa shape index (κ1) is 19.9. The number of anilines is 1. The lowest BCUT2D eigenvalue weighted by Gasteiger charge is -2.12. The van der Waals surface area contributed by atoms with Crippen LogP contribution in [0.2, 0.25) is 0 Å². The van der Waals surface area contributed by atoms with E-state index in [-0.39, 0.29) is 22.7 Å². The number of hydrogen-bond donors (Lipinski definition) is 3. The summed E-state index contributed by atoms with van der Waals surface area (Å²) in [5.41, 5.74) is 1.32. The molecule has 2 aromatic rings. The van der Waals surface area contributed by atoms with Crippen molar-refractivity contribution in [3.8, 4) is 0 Å². The molecule has 6 nitrogen and oxygen atoms in total. The number of rotatable bonds is 5. The molecule has 8 heteroatoms. The molecule has 28 heavy (non-hydrogen) atoms. The highest BCUT2D eigenvalue weighted by atomic mass is 32.1. The predicted molar refractivity (Wildman–Crippen MR) is 108 cm³/mol. The van der Waals surface area contributed by atoms with Crippen molar-refractivity contribution in [2.75, 3.05) is 18.5 Å². The summed E-state index contributed by atoms with van der Waals surface area (Å²) < 4.78 is 18.4. The Kier molecular flexibility index (Phi) is 6.67. The lowest BCUT2D eigenvalue weighted by Crippen LogP contribution is -2.34. The van der Waals surface area contributed by atoms with Crippen molar-refractivity contribution in [1.29, 1.82) is 0 Å². The van der Waals surface area contributed by atoms with Gasteiger partial charge in [-0.1, -0.05) is 6.07 Å². The Morgan fingerprint density at radius 2 is 1.89 bits per heavy atom. The summed E-state index contributed by atoms with van der Waals surface area (Å²) >= 11 is 5.14. The van der Waals surface area contributed by atoms with Crippen LogP contribution in [0.3, 0.4) is 0 Å². The molecule has 0 spiro atoms. The van der Waals surface area contributed by atoms with Crippen LogP contribution in [0.5, 0.6) is 0 Å². The summed E-state index contributed by atoms with van der Waals surface area (Å²) in [6, 6.07) is 11.9. The van der Waals surface area contributed by atoms with E-state index < -0.39 is 11.7 Å². The van der Waals surface area contributed by atoms with Crippen LogP contribution in [0.15, 0.2) is 48.5 Å². The van der Waals surface area contributed by atoms with Gasteiger partial charge in [0.1, 0.15) is 5.82 Å². The molecule has 2 aromatic carbocycles. The number of ether oxygens (including phenoxy) is 1. The van der Waals surface area contributed by atoms with Crippen LogP contribution in [0.25, 0.3) is 0 Å². The number of carbonyl (C=O) groups is 2. The van der Waals surface area contributed by atoms with E-state index in [9.17, 15) is 14.0 Å². The molecular weight excluding hydrogens is 381 g/mol. The summed E-state index contributed by atoms with van der Waals surface area (Å²) in [4.78, 5) is 24.4. The molecule has 1 atom stereocenters. The second kappa shape index (κ2) is 9.38. The SMILES string of the molecule is O=C(NCC1CCCO1)c1cccc(NC(=S)NC(=O)c2ccc(F)cc2)c1. The number of amides is 2. The van der Waals surface area contributed by atoms with E-state index in [2.05, 4.69) is 16.0 Å². The highest BCUT2D eigenvalue weighted by Gasteiger charge is 2.17. The average molecular weight is 401 g/mol. The Hall–Kier alpha value is -2.84. The minimum Gasteiger partial charge on any atom is -0.376 e. The molecule has 3 rings (SSSR count). The largest absolute Gasteiger partial charge is 0.376 e. The third-order valence-electron chi connectivity index (χ3n) is 4.23. The monoisotopic (exact) mass is 401 g/mol. The third kappa shape index (κ3) is 5.58. The normalized spacial score (nSPS) is 15.7. The number of halogens is 1. The van der Waals surface area contributed by atoms with Crippen molar-refractivity contribution < 1.29 is 18.7 Å². The molecule has 0 bridgehead atoms. The first-order valence-electron chi connectivity index (χ1n) is 8.89. The van der Waals surface area contributed by atoms with Gasteiger partial charge in [0.2, 0.25) is 0 Å². The number of nitrogens with one attached hydrogen (secondary N) is 3. The van der Waals surface area contributed by atoms with Gasteiger partial charge in [0.25, 0.3) is 11.8 Å². The first-order valence-corrected chi connectivity index (χ1v) is 9.30. The molecule has 0 radical (unpaired) electrons. The molecule has 146 valence electrons. The van der Waals surface area contributed by atoms with Crippen LogP contribution >= 0.6 is 12.2 Å². The number of hydrogen-bond acceptors (Lipinski definition) is 4. The molecule has 1 aliphatic heterocycles. The van der Waals surface area contributed by atoms with Gasteiger partial charge in [-0.15, -0.1) is 0 Å². The zero-order chi connectivity index (χ0) is 19.9. The van der Waals surface area contributed by atoms with Crippen LogP contribution in [0, 0.1) is 5.82 Å². The number of thiocarbonyl (C=S) groups is 1. The van der Waals surface area contributed by atoms with Crippen LogP contribution in [0.1, 0.15) is 33.6 Å². The topological polar surface area (TPSA) is 79.5 Å². The van der Waals surface area contributed by atoms with Crippen LogP contribution in [-0.4, -0.2) is 36.2 Å². The van der Waals surface area contributed by atoms with E-state index in [0.29, 0.717) is 17.8 Å². The molecule has 3 N–H and O–H groups in total. The summed E-state index contributed by atoms with van der Waals surface area (Å²) in [5, 5.41) is 8.31. The van der Waals surface area contributed by atoms with Gasteiger partial charge in [0.05, 0.1) is 6.10 Å². The Balaban J connectivity index is 1.54. The molecule has 2 amide bonds. The maximum Gasteiger partial charge on any atom is 0.257 e. The van der Waals surface area contributed by atoms with Gasteiger partial charge in [0, 0.05) is 30.0 Å². The summed E-state index contributed by atoms with van der Waals surface area (Å²) in [7, 11) is 0. The lowest BCUT2D eigenvalue weighted by molar-refractivity contribution is 0.0857. The van der Waals surface area contributed by atoms with Gasteiger partial charge in [-0.3, -0.25) is 14.9 Å². The number of benzene rings is 2. The van der Waals surface area contributed by atoms with Gasteiger partial charge in [-0.05, 0) is 67.5 Å². The maximum absolute atomic E-state index is 12.9. The van der Waals surface area contributed by atoms with Crippen molar-refractivity contribution in [2.45, 2.75) is 18.9 Å². The average Bonchev–Trinajstić information content (AvgIpc) is 3.20. The minimum atomic E-state index is -0.456. The van der Waals surface area contributed by atoms with E-state index in [4.69, 9.17) is 17.0 Å². The molecule has 1 unspecified atom stereocenters. The Morgan fingerprint density at radius 1 is 1.11 bits per heavy atom. The van der Waals surface area contributed by atoms with Gasteiger partial charge in [-0.25, -0.2) is 4.39 Å². The smallest absolute Gasteiger partial charge is 0.257 e. The quantitative estimate of drug-likeness (QED) is 0.672. The first-order chi connectivity index (χ1) is 13.5. The summed E-state index contributed by atoms with van der Waals surface area (Å²) in [5.74, 6) is -1.09. The third-order valence-corrected chi connectivity index (χ3v) is 4.43. The van der Waals surface area contributed by atoms with E-state index >= 15 is 0 Å². The van der Waals surface area contributed by atoms with E-state index in [1.807, 2.05) is 0 Å². The Bertz CT molecular complexity index is 867. The molecular formula is C20H20FN3O3S. The van der Waals surface area contributed by atoms with Crippen molar-refractivity contribution >= 4 is 34.8 Å². The predicted octanol–water partition coefficient (Wildman–Crippen LogP) is 2.86. The molecule has 0 saturated carbocycles. The molecule has 0 aliphatic carbocycles. The Labute approximate surface area is 167 Å². The van der Waals surface area contributed by atoms with Crippen LogP contribution in [0.4, 0.5) is 10.1 Å². The second-order valence-electron chi connectivity index (χ2n) is 6.34. The Morgan fingerprint density at radius 3 is 2.61 bits per heavy atom. The van der Waals surface area contributed by atoms with Crippen LogP contribution < -0.4 is 16.0 Å². The summed E-state index contributed by atoms with van der Waals surface area (Å²) in [6.45, 7) is 1.21. The molecule has 1 saturated heterocycles. The fraction of sp³-hybridized carbons (Fsp3) is 0.250. The van der Waals surface area contributed by atoms with Crippen molar-refractivity contribution in [3.63, 3.8) is 0 Å². The molecule has 0 aromatic heterocycles. The van der Waals surface area contributed by atoms with E-state index in [1.165, 1.54) is 24.3 Å². The highest BCUT2D eigenvalue weighted by Crippen LogP contribution is 2.13. The standard InChI is InChI=1S/C20H20FN3O3S/c21-15-8-6-13(7-9-15)19(26)24-20(28)23-16-4-1-3-14(11-16)18(25)22-12-17-5-2-10-27-17/h1,3-4,6-9,11,17H,2,5,10,12H2,(H,22,25)(H2,23,24,26,28). The zero-order valence-electron chi connectivity index (χ0n) is 15.0. The molecule has 1 heterocycles. The van der Waals surface area contributed by atoms with Gasteiger partial charge >= 0.3 is 0 Å². The van der Waals surface area contributed by atoms with Crippen molar-refractivity contribution in [1.82, 2.24) is 10.6 Å². The van der Waals surface area contributed by atoms with Crippen LogP contribution in [-0.2, 0) is 4.74 Å². The van der Waals surface area contributed by atoms with Gasteiger partial charge < -0.3 is 15.4 Å². The fourth-order valence-corrected chi connectivity index (χ4v) is 3.00. The minimum absolute atomic E-state index is 0.0690. The molecule has 1 aliphatic rings. The van der Waals surface area contributed by atoms with Gasteiger partial charge in [-0.2, -0.15) is 0 Å². The van der Waals surface area contributed by atoms with Crippen molar-refractivity contribution in [2.24, 2.45) is 0 Å². The van der Waals surface area contributed by atoms with Crippen molar-refractivity contribution in [3.05, 3.63) is 65.5 Å². The van der Waals surface area contributed by atoms with Gasteiger partial charge in [0.15, 0.2) is 5.11 Å². The number of carbonyl (C=O) groups excluding carboxylic acids is 2. The summed E-state index contributed by atoms with van der Waals surface area (Å²) in [6.07, 6.45) is 2.03. The fourth-order valence-electron chi connectivity index (χ4n) is 2.79. The molecule has 1 fully saturated rings. The maximum atomic E-state index is 12.9. The highest BCUT2D eigenvalue weighted by molar-refractivity contribution is 7.80. The second-order valence-corrected chi connectivity index (χ2v) is 6.75. The van der Waals surface area contributed by atoms with E-state index in [0.717, 1.165) is 19.4 Å². The van der Waals surface area contributed by atoms with E-state index in [1.54, 1.807) is 24.3 Å².